The molecule has 0 spiro atoms. The Hall–Kier alpha value is -2.14. The second-order valence-corrected chi connectivity index (χ2v) is 4.27. The van der Waals surface area contributed by atoms with Crippen molar-refractivity contribution in [3.8, 4) is 11.5 Å². The highest BCUT2D eigenvalue weighted by Crippen LogP contribution is 2.24. The maximum Gasteiger partial charge on any atom is 0.186 e. The van der Waals surface area contributed by atoms with Gasteiger partial charge in [-0.25, -0.2) is 0 Å². The lowest BCUT2D eigenvalue weighted by Crippen LogP contribution is -1.91. The molecular formula is C13H11NO3S. The molecule has 0 aromatic carbocycles. The van der Waals surface area contributed by atoms with Crippen LogP contribution in [0.3, 0.4) is 0 Å². The molecule has 2 heterocycles. The molecule has 0 radical (unpaired) electrons. The van der Waals surface area contributed by atoms with Crippen molar-refractivity contribution >= 4 is 23.2 Å². The van der Waals surface area contributed by atoms with Crippen molar-refractivity contribution in [3.63, 3.8) is 0 Å². The van der Waals surface area contributed by atoms with Crippen LogP contribution >= 0.6 is 11.3 Å². The molecule has 0 atom stereocenters. The van der Waals surface area contributed by atoms with E-state index in [4.69, 9.17) is 4.74 Å². The number of aromatic hydroxyl groups is 1. The van der Waals surface area contributed by atoms with E-state index in [-0.39, 0.29) is 11.5 Å². The number of carbonyl (C=O) groups is 1. The molecule has 1 N–H and O–H groups in total. The molecule has 2 rings (SSSR count). The number of thiophene rings is 1. The average molecular weight is 261 g/mol. The van der Waals surface area contributed by atoms with Gasteiger partial charge in [0.15, 0.2) is 17.3 Å². The standard InChI is InChI=1S/C13H11NO3S/c1-17-13-7-14-10(6-12(13)16)2-3-11(15)9-4-5-18-8-9/h2-8H,1H3,(H,14,16)/b3-2+. The third-order valence-corrected chi connectivity index (χ3v) is 2.98. The maximum absolute atomic E-state index is 11.7. The van der Waals surface area contributed by atoms with Gasteiger partial charge in [-0.2, -0.15) is 11.3 Å². The van der Waals surface area contributed by atoms with Crippen molar-refractivity contribution in [3.05, 3.63) is 46.4 Å². The van der Waals surface area contributed by atoms with E-state index >= 15 is 0 Å². The van der Waals surface area contributed by atoms with Gasteiger partial charge in [-0.1, -0.05) is 0 Å². The second kappa shape index (κ2) is 5.46. The van der Waals surface area contributed by atoms with Gasteiger partial charge in [0.1, 0.15) is 0 Å². The Bertz CT molecular complexity index is 576. The summed E-state index contributed by atoms with van der Waals surface area (Å²) in [7, 11) is 1.45. The Morgan fingerprint density at radius 1 is 1.56 bits per heavy atom. The lowest BCUT2D eigenvalue weighted by Gasteiger charge is -2.02. The van der Waals surface area contributed by atoms with Gasteiger partial charge < -0.3 is 9.84 Å². The summed E-state index contributed by atoms with van der Waals surface area (Å²) in [5.74, 6) is 0.208. The molecule has 2 aromatic heterocycles. The summed E-state index contributed by atoms with van der Waals surface area (Å²) in [6.45, 7) is 0. The zero-order valence-corrected chi connectivity index (χ0v) is 10.5. The Labute approximate surface area is 108 Å². The highest BCUT2D eigenvalue weighted by molar-refractivity contribution is 7.08. The van der Waals surface area contributed by atoms with E-state index in [0.29, 0.717) is 17.0 Å². The van der Waals surface area contributed by atoms with Crippen LogP contribution in [0.5, 0.6) is 11.5 Å². The lowest BCUT2D eigenvalue weighted by molar-refractivity contribution is 0.104. The van der Waals surface area contributed by atoms with Crippen molar-refractivity contribution in [1.29, 1.82) is 0 Å². The fraction of sp³-hybridized carbons (Fsp3) is 0.0769. The molecule has 92 valence electrons. The van der Waals surface area contributed by atoms with Gasteiger partial charge in [-0.3, -0.25) is 9.78 Å². The molecule has 0 saturated carbocycles. The SMILES string of the molecule is COc1cnc(/C=C/C(=O)c2ccsc2)cc1O. The number of pyridine rings is 1. The minimum atomic E-state index is -0.0895. The Balaban J connectivity index is 2.14. The van der Waals surface area contributed by atoms with E-state index < -0.39 is 0 Å². The van der Waals surface area contributed by atoms with Crippen molar-refractivity contribution in [2.45, 2.75) is 0 Å². The summed E-state index contributed by atoms with van der Waals surface area (Å²) < 4.78 is 4.88. The molecule has 0 fully saturated rings. The molecular weight excluding hydrogens is 250 g/mol. The van der Waals surface area contributed by atoms with E-state index in [2.05, 4.69) is 4.98 Å². The largest absolute Gasteiger partial charge is 0.504 e. The van der Waals surface area contributed by atoms with Gasteiger partial charge in [0, 0.05) is 17.0 Å². The molecule has 2 aromatic rings. The molecule has 18 heavy (non-hydrogen) atoms. The summed E-state index contributed by atoms with van der Waals surface area (Å²) in [5, 5.41) is 13.2. The average Bonchev–Trinajstić information content (AvgIpc) is 2.90. The first-order valence-corrected chi connectivity index (χ1v) is 6.12. The minimum Gasteiger partial charge on any atom is -0.504 e. The van der Waals surface area contributed by atoms with E-state index in [1.54, 1.807) is 17.5 Å². The highest BCUT2D eigenvalue weighted by atomic mass is 32.1. The van der Waals surface area contributed by atoms with Crippen molar-refractivity contribution in [1.82, 2.24) is 4.98 Å². The third kappa shape index (κ3) is 2.75. The smallest absolute Gasteiger partial charge is 0.186 e. The maximum atomic E-state index is 11.7. The fourth-order valence-corrected chi connectivity index (χ4v) is 2.00. The van der Waals surface area contributed by atoms with Gasteiger partial charge in [-0.05, 0) is 23.6 Å². The first-order valence-electron chi connectivity index (χ1n) is 5.18. The monoisotopic (exact) mass is 261 g/mol. The molecule has 0 unspecified atom stereocenters. The van der Waals surface area contributed by atoms with Gasteiger partial charge in [0.25, 0.3) is 0 Å². The minimum absolute atomic E-state index is 0.00451. The third-order valence-electron chi connectivity index (χ3n) is 2.30. The molecule has 0 aliphatic carbocycles. The highest BCUT2D eigenvalue weighted by Gasteiger charge is 2.04. The Morgan fingerprint density at radius 2 is 2.39 bits per heavy atom. The van der Waals surface area contributed by atoms with Crippen LogP contribution in [-0.2, 0) is 0 Å². The Morgan fingerprint density at radius 3 is 3.00 bits per heavy atom. The lowest BCUT2D eigenvalue weighted by atomic mass is 10.2. The predicted molar refractivity (Wildman–Crippen MR) is 70.1 cm³/mol. The van der Waals surface area contributed by atoms with Crippen molar-refractivity contribution < 1.29 is 14.6 Å². The topological polar surface area (TPSA) is 59.4 Å². The zero-order chi connectivity index (χ0) is 13.0. The van der Waals surface area contributed by atoms with Crippen molar-refractivity contribution in [2.75, 3.05) is 7.11 Å². The number of aromatic nitrogens is 1. The number of hydrogen-bond acceptors (Lipinski definition) is 5. The zero-order valence-electron chi connectivity index (χ0n) is 9.66. The fourth-order valence-electron chi connectivity index (χ4n) is 1.36. The van der Waals surface area contributed by atoms with Gasteiger partial charge in [0.2, 0.25) is 0 Å². The number of ketones is 1. The van der Waals surface area contributed by atoms with Crippen LogP contribution in [0.4, 0.5) is 0 Å². The number of hydrogen-bond donors (Lipinski definition) is 1. The summed E-state index contributed by atoms with van der Waals surface area (Å²) in [6.07, 6.45) is 4.39. The number of allylic oxidation sites excluding steroid dienone is 1. The number of carbonyl (C=O) groups excluding carboxylic acids is 1. The van der Waals surface area contributed by atoms with Gasteiger partial charge >= 0.3 is 0 Å². The van der Waals surface area contributed by atoms with E-state index in [1.165, 1.54) is 36.8 Å². The normalized spacial score (nSPS) is 10.7. The first-order chi connectivity index (χ1) is 8.70. The molecule has 0 aliphatic rings. The van der Waals surface area contributed by atoms with Crippen LogP contribution in [0.2, 0.25) is 0 Å². The van der Waals surface area contributed by atoms with Crippen LogP contribution in [0.1, 0.15) is 16.1 Å². The molecule has 0 saturated heterocycles. The van der Waals surface area contributed by atoms with Crippen LogP contribution in [0.15, 0.2) is 35.2 Å². The van der Waals surface area contributed by atoms with Gasteiger partial charge in [-0.15, -0.1) is 0 Å². The van der Waals surface area contributed by atoms with Gasteiger partial charge in [0.05, 0.1) is 19.0 Å². The summed E-state index contributed by atoms with van der Waals surface area (Å²) >= 11 is 1.47. The number of nitrogens with zero attached hydrogens (tertiary/aromatic N) is 1. The second-order valence-electron chi connectivity index (χ2n) is 3.49. The first kappa shape index (κ1) is 12.3. The van der Waals surface area contributed by atoms with E-state index in [9.17, 15) is 9.90 Å². The van der Waals surface area contributed by atoms with Crippen LogP contribution in [0, 0.1) is 0 Å². The molecule has 0 aliphatic heterocycles. The molecule has 5 heteroatoms. The van der Waals surface area contributed by atoms with Crippen LogP contribution in [0.25, 0.3) is 6.08 Å². The number of rotatable bonds is 4. The summed E-state index contributed by atoms with van der Waals surface area (Å²) in [6, 6.07) is 3.20. The number of ether oxygens (including phenoxy) is 1. The van der Waals surface area contributed by atoms with E-state index in [1.807, 2.05) is 5.38 Å². The molecule has 0 amide bonds. The number of methoxy groups -OCH3 is 1. The molecule has 4 nitrogen and oxygen atoms in total. The van der Waals surface area contributed by atoms with E-state index in [0.717, 1.165) is 0 Å². The van der Waals surface area contributed by atoms with Crippen molar-refractivity contribution in [2.24, 2.45) is 0 Å². The van der Waals surface area contributed by atoms with Crippen LogP contribution in [-0.4, -0.2) is 23.0 Å². The molecule has 0 bridgehead atoms. The summed E-state index contributed by atoms with van der Waals surface area (Å²) in [4.78, 5) is 15.7. The Kier molecular flexibility index (Phi) is 3.74. The van der Waals surface area contributed by atoms with Crippen LogP contribution < -0.4 is 4.74 Å². The quantitative estimate of drug-likeness (QED) is 0.679. The predicted octanol–water partition coefficient (Wildman–Crippen LogP) is 2.75. The summed E-state index contributed by atoms with van der Waals surface area (Å²) in [5.41, 5.74) is 1.14.